The van der Waals surface area contributed by atoms with Crippen LogP contribution in [0.5, 0.6) is 0 Å². The average molecular weight is 252 g/mol. The van der Waals surface area contributed by atoms with Crippen molar-refractivity contribution in [1.82, 2.24) is 0 Å². The van der Waals surface area contributed by atoms with Crippen LogP contribution in [0.2, 0.25) is 0 Å². The van der Waals surface area contributed by atoms with Crippen molar-refractivity contribution in [1.29, 1.82) is 0 Å². The van der Waals surface area contributed by atoms with Gasteiger partial charge in [0.2, 0.25) is 0 Å². The number of nitrogens with two attached hydrogens (primary N) is 1. The maximum absolute atomic E-state index is 5.84. The summed E-state index contributed by atoms with van der Waals surface area (Å²) in [6.45, 7) is 8.88. The molecule has 0 bridgehead atoms. The maximum Gasteiger partial charge on any atom is 0.157 e. The second kappa shape index (κ2) is 6.61. The minimum Gasteiger partial charge on any atom is -0.399 e. The number of rotatable bonds is 6. The summed E-state index contributed by atoms with van der Waals surface area (Å²) in [5.41, 5.74) is 8.84. The van der Waals surface area contributed by atoms with Gasteiger partial charge in [0.25, 0.3) is 0 Å². The lowest BCUT2D eigenvalue weighted by Crippen LogP contribution is -2.37. The van der Waals surface area contributed by atoms with Crippen molar-refractivity contribution >= 4 is 11.4 Å². The number of aryl methyl sites for hydroxylation is 1. The second-order valence-electron chi connectivity index (χ2n) is 4.37. The molecule has 0 saturated carbocycles. The van der Waals surface area contributed by atoms with Crippen LogP contribution in [0, 0.1) is 6.92 Å². The van der Waals surface area contributed by atoms with Crippen molar-refractivity contribution in [2.75, 3.05) is 24.3 Å². The molecule has 4 heteroatoms. The van der Waals surface area contributed by atoms with E-state index >= 15 is 0 Å². The first-order valence-corrected chi connectivity index (χ1v) is 6.30. The molecule has 1 aromatic rings. The summed E-state index contributed by atoms with van der Waals surface area (Å²) < 4.78 is 10.9. The van der Waals surface area contributed by atoms with Crippen LogP contribution < -0.4 is 10.6 Å². The lowest BCUT2D eigenvalue weighted by molar-refractivity contribution is -0.138. The molecule has 102 valence electrons. The van der Waals surface area contributed by atoms with Crippen LogP contribution in [-0.4, -0.2) is 26.2 Å². The van der Waals surface area contributed by atoms with Gasteiger partial charge in [0.05, 0.1) is 0 Å². The Labute approximate surface area is 110 Å². The highest BCUT2D eigenvalue weighted by Gasteiger charge is 2.16. The van der Waals surface area contributed by atoms with E-state index in [1.54, 1.807) is 7.11 Å². The highest BCUT2D eigenvalue weighted by atomic mass is 16.7. The molecule has 0 heterocycles. The van der Waals surface area contributed by atoms with E-state index in [1.165, 1.54) is 0 Å². The number of anilines is 2. The zero-order chi connectivity index (χ0) is 13.7. The van der Waals surface area contributed by atoms with Gasteiger partial charge < -0.3 is 20.1 Å². The molecule has 0 saturated heterocycles. The fourth-order valence-corrected chi connectivity index (χ4v) is 1.89. The molecule has 18 heavy (non-hydrogen) atoms. The number of hydrogen-bond donors (Lipinski definition) is 1. The predicted octanol–water partition coefficient (Wildman–Crippen LogP) is 2.76. The molecule has 2 N–H and O–H groups in total. The molecule has 0 aliphatic heterocycles. The minimum absolute atomic E-state index is 0.0482. The number of ether oxygens (including phenoxy) is 2. The van der Waals surface area contributed by atoms with Crippen LogP contribution >= 0.6 is 0 Å². The van der Waals surface area contributed by atoms with Gasteiger partial charge in [0.15, 0.2) is 6.29 Å². The van der Waals surface area contributed by atoms with E-state index in [2.05, 4.69) is 17.9 Å². The monoisotopic (exact) mass is 252 g/mol. The number of methoxy groups -OCH3 is 1. The Morgan fingerprint density at radius 1 is 1.33 bits per heavy atom. The van der Waals surface area contributed by atoms with Crippen molar-refractivity contribution in [2.45, 2.75) is 40.2 Å². The largest absolute Gasteiger partial charge is 0.399 e. The topological polar surface area (TPSA) is 47.7 Å². The van der Waals surface area contributed by atoms with Crippen LogP contribution in [0.25, 0.3) is 0 Å². The Morgan fingerprint density at radius 2 is 2.00 bits per heavy atom. The first-order valence-electron chi connectivity index (χ1n) is 6.30. The zero-order valence-electron chi connectivity index (χ0n) is 11.9. The maximum atomic E-state index is 5.84. The molecule has 0 amide bonds. The minimum atomic E-state index is -0.219. The highest BCUT2D eigenvalue weighted by molar-refractivity contribution is 5.58. The van der Waals surface area contributed by atoms with Crippen LogP contribution in [0.3, 0.4) is 0 Å². The van der Waals surface area contributed by atoms with Crippen LogP contribution in [-0.2, 0) is 9.47 Å². The number of nitrogens with zero attached hydrogens (tertiary/aromatic N) is 1. The lowest BCUT2D eigenvalue weighted by Gasteiger charge is -2.32. The molecule has 4 nitrogen and oxygen atoms in total. The average Bonchev–Trinajstić information content (AvgIpc) is 2.34. The number of benzene rings is 1. The third-order valence-electron chi connectivity index (χ3n) is 3.09. The normalized spacial score (nSPS) is 14.3. The first-order chi connectivity index (χ1) is 8.49. The summed E-state index contributed by atoms with van der Waals surface area (Å²) in [5.74, 6) is 0. The molecule has 0 aromatic heterocycles. The fraction of sp³-hybridized carbons (Fsp3) is 0.571. The molecule has 2 atom stereocenters. The Hall–Kier alpha value is -1.26. The summed E-state index contributed by atoms with van der Waals surface area (Å²) in [5, 5.41) is 0. The quantitative estimate of drug-likeness (QED) is 0.624. The van der Waals surface area contributed by atoms with Crippen molar-refractivity contribution in [2.24, 2.45) is 0 Å². The molecular formula is C14H24N2O2. The zero-order valence-corrected chi connectivity index (χ0v) is 11.9. The molecule has 1 aromatic carbocycles. The molecule has 1 unspecified atom stereocenters. The fourth-order valence-electron chi connectivity index (χ4n) is 1.89. The van der Waals surface area contributed by atoms with Gasteiger partial charge in [0.1, 0.15) is 6.23 Å². The highest BCUT2D eigenvalue weighted by Crippen LogP contribution is 2.23. The molecule has 0 fully saturated rings. The first kappa shape index (κ1) is 14.8. The van der Waals surface area contributed by atoms with Gasteiger partial charge in [-0.3, -0.25) is 0 Å². The van der Waals surface area contributed by atoms with Crippen LogP contribution in [0.15, 0.2) is 18.2 Å². The third kappa shape index (κ3) is 3.62. The van der Waals surface area contributed by atoms with Crippen molar-refractivity contribution in [3.8, 4) is 0 Å². The Bertz CT molecular complexity index is 382. The standard InChI is InChI=1S/C14H24N2O2/c1-6-16(11(3)18-12(4)17-5)13-7-8-14(15)10(2)9-13/h7-9,11-12H,6,15H2,1-5H3/t11?,12-/m0/s1. The molecule has 0 aliphatic carbocycles. The van der Waals surface area contributed by atoms with Gasteiger partial charge in [-0.05, 0) is 51.5 Å². The summed E-state index contributed by atoms with van der Waals surface area (Å²) in [7, 11) is 1.64. The van der Waals surface area contributed by atoms with Crippen LogP contribution in [0.1, 0.15) is 26.3 Å². The summed E-state index contributed by atoms with van der Waals surface area (Å²) in [6.07, 6.45) is -0.267. The number of nitrogen functional groups attached to an aromatic ring is 1. The van der Waals surface area contributed by atoms with Gasteiger partial charge >= 0.3 is 0 Å². The van der Waals surface area contributed by atoms with E-state index < -0.39 is 0 Å². The Balaban J connectivity index is 2.84. The SMILES string of the molecule is CCN(c1ccc(N)c(C)c1)C(C)O[C@@H](C)OC. The van der Waals surface area contributed by atoms with E-state index in [0.717, 1.165) is 23.5 Å². The van der Waals surface area contributed by atoms with Crippen LogP contribution in [0.4, 0.5) is 11.4 Å². The third-order valence-corrected chi connectivity index (χ3v) is 3.09. The van der Waals surface area contributed by atoms with Crippen molar-refractivity contribution in [3.63, 3.8) is 0 Å². The van der Waals surface area contributed by atoms with E-state index in [-0.39, 0.29) is 12.5 Å². The van der Waals surface area contributed by atoms with Crippen molar-refractivity contribution < 1.29 is 9.47 Å². The smallest absolute Gasteiger partial charge is 0.157 e. The lowest BCUT2D eigenvalue weighted by atomic mass is 10.1. The van der Waals surface area contributed by atoms with Gasteiger partial charge in [-0.2, -0.15) is 0 Å². The molecule has 0 radical (unpaired) electrons. The summed E-state index contributed by atoms with van der Waals surface area (Å²) in [4.78, 5) is 2.17. The molecule has 1 rings (SSSR count). The van der Waals surface area contributed by atoms with Gasteiger partial charge in [-0.25, -0.2) is 0 Å². The van der Waals surface area contributed by atoms with E-state index in [1.807, 2.05) is 32.9 Å². The van der Waals surface area contributed by atoms with E-state index in [9.17, 15) is 0 Å². The summed E-state index contributed by atoms with van der Waals surface area (Å²) in [6, 6.07) is 6.03. The Morgan fingerprint density at radius 3 is 2.50 bits per heavy atom. The second-order valence-corrected chi connectivity index (χ2v) is 4.37. The van der Waals surface area contributed by atoms with E-state index in [0.29, 0.717) is 0 Å². The predicted molar refractivity (Wildman–Crippen MR) is 75.6 cm³/mol. The van der Waals surface area contributed by atoms with Gasteiger partial charge in [-0.15, -0.1) is 0 Å². The molecular weight excluding hydrogens is 228 g/mol. The molecule has 0 spiro atoms. The Kier molecular flexibility index (Phi) is 5.44. The summed E-state index contributed by atoms with van der Waals surface area (Å²) >= 11 is 0. The van der Waals surface area contributed by atoms with Gasteiger partial charge in [-0.1, -0.05) is 0 Å². The van der Waals surface area contributed by atoms with E-state index in [4.69, 9.17) is 15.2 Å². The van der Waals surface area contributed by atoms with Gasteiger partial charge in [0, 0.05) is 25.0 Å². The molecule has 0 aliphatic rings. The number of hydrogen-bond acceptors (Lipinski definition) is 4. The van der Waals surface area contributed by atoms with Crippen molar-refractivity contribution in [3.05, 3.63) is 23.8 Å².